The summed E-state index contributed by atoms with van der Waals surface area (Å²) in [4.78, 5) is 41.3. The summed E-state index contributed by atoms with van der Waals surface area (Å²) in [6.45, 7) is 0. The van der Waals surface area contributed by atoms with Crippen LogP contribution in [0.15, 0.2) is 89.8 Å². The smallest absolute Gasteiger partial charge is 0.328 e. The molecule has 3 aromatic carbocycles. The van der Waals surface area contributed by atoms with Crippen molar-refractivity contribution in [2.24, 2.45) is 5.73 Å². The van der Waals surface area contributed by atoms with Gasteiger partial charge in [-0.25, -0.2) is 4.79 Å². The predicted octanol–water partition coefficient (Wildman–Crippen LogP) is 2.41. The molecule has 0 radical (unpaired) electrons. The van der Waals surface area contributed by atoms with Crippen LogP contribution in [0.25, 0.3) is 0 Å². The number of anilines is 1. The van der Waals surface area contributed by atoms with Crippen LogP contribution >= 0.6 is 0 Å². The van der Waals surface area contributed by atoms with Crippen LogP contribution in [-0.2, 0) is 24.3 Å². The maximum atomic E-state index is 13.5. The van der Waals surface area contributed by atoms with Crippen LogP contribution in [0, 0.1) is 0 Å². The van der Waals surface area contributed by atoms with E-state index in [0.29, 0.717) is 5.75 Å². The quantitative estimate of drug-likeness (QED) is 0.297. The normalized spacial score (nSPS) is 11.7. The van der Waals surface area contributed by atoms with Gasteiger partial charge in [-0.05, 0) is 55.0 Å². The highest BCUT2D eigenvalue weighted by molar-refractivity contribution is 7.92. The van der Waals surface area contributed by atoms with Gasteiger partial charge in [0, 0.05) is 12.0 Å². The van der Waals surface area contributed by atoms with E-state index in [9.17, 15) is 22.8 Å². The van der Waals surface area contributed by atoms with E-state index in [4.69, 9.17) is 10.6 Å². The van der Waals surface area contributed by atoms with Gasteiger partial charge in [-0.3, -0.25) is 9.59 Å². The average Bonchev–Trinajstić information content (AvgIpc) is 2.90. The Morgan fingerprint density at radius 2 is 1.50 bits per heavy atom. The molecular weight excluding hydrogens is 486 g/mol. The van der Waals surface area contributed by atoms with Gasteiger partial charge in [-0.1, -0.05) is 40.9 Å². The van der Waals surface area contributed by atoms with Gasteiger partial charge in [-0.15, -0.1) is 0 Å². The van der Waals surface area contributed by atoms with Gasteiger partial charge < -0.3 is 20.6 Å². The SMILES string of the molecule is COC(=O)C(CCC(N)=O)NC(=O)c1ccc(S(=O)(=O)N(Oc2ccccc2)c2ccccc2)cc1. The van der Waals surface area contributed by atoms with Crippen LogP contribution in [0.2, 0.25) is 0 Å². The van der Waals surface area contributed by atoms with Crippen LogP contribution in [0.5, 0.6) is 5.75 Å². The number of nitrogens with zero attached hydrogens (tertiary/aromatic N) is 1. The molecule has 3 N–H and O–H groups in total. The van der Waals surface area contributed by atoms with Crippen LogP contribution < -0.4 is 20.4 Å². The highest BCUT2D eigenvalue weighted by Crippen LogP contribution is 2.26. The zero-order chi connectivity index (χ0) is 26.1. The Morgan fingerprint density at radius 3 is 2.06 bits per heavy atom. The van der Waals surface area contributed by atoms with Crippen molar-refractivity contribution in [1.82, 2.24) is 5.32 Å². The van der Waals surface area contributed by atoms with E-state index in [2.05, 4.69) is 10.1 Å². The average molecular weight is 512 g/mol. The molecule has 1 atom stereocenters. The second kappa shape index (κ2) is 11.8. The molecule has 0 aromatic heterocycles. The first-order chi connectivity index (χ1) is 17.2. The van der Waals surface area contributed by atoms with E-state index in [1.165, 1.54) is 24.3 Å². The molecule has 0 saturated heterocycles. The standard InChI is InChI=1S/C25H25N3O7S/c1-34-25(31)22(16-17-23(26)29)27-24(30)18-12-14-21(15-13-18)36(32,33)28(19-8-4-2-5-9-19)35-20-10-6-3-7-11-20/h2-15,22H,16-17H2,1H3,(H2,26,29)(H,27,30). The number of primary amides is 1. The molecule has 3 rings (SSSR count). The van der Waals surface area contributed by atoms with Gasteiger partial charge in [0.1, 0.15) is 6.04 Å². The van der Waals surface area contributed by atoms with Crippen LogP contribution in [0.4, 0.5) is 5.69 Å². The molecule has 0 spiro atoms. The number of sulfonamides is 1. The van der Waals surface area contributed by atoms with E-state index in [0.717, 1.165) is 11.6 Å². The molecule has 36 heavy (non-hydrogen) atoms. The molecule has 0 saturated carbocycles. The first-order valence-electron chi connectivity index (χ1n) is 10.8. The minimum Gasteiger partial charge on any atom is -0.467 e. The number of esters is 1. The fourth-order valence-electron chi connectivity index (χ4n) is 3.16. The number of carbonyl (C=O) groups excluding carboxylic acids is 3. The minimum atomic E-state index is -4.20. The van der Waals surface area contributed by atoms with Crippen LogP contribution in [-0.4, -0.2) is 39.4 Å². The summed E-state index contributed by atoms with van der Waals surface area (Å²) >= 11 is 0. The Kier molecular flexibility index (Phi) is 8.63. The van der Waals surface area contributed by atoms with Gasteiger partial charge in [0.05, 0.1) is 17.7 Å². The third kappa shape index (κ3) is 6.60. The van der Waals surface area contributed by atoms with Gasteiger partial charge >= 0.3 is 5.97 Å². The number of amides is 2. The van der Waals surface area contributed by atoms with Crippen molar-refractivity contribution in [2.75, 3.05) is 11.6 Å². The maximum absolute atomic E-state index is 13.5. The number of methoxy groups -OCH3 is 1. The number of nitrogens with two attached hydrogens (primary N) is 1. The van der Waals surface area contributed by atoms with Crippen LogP contribution in [0.3, 0.4) is 0 Å². The Labute approximate surface area is 208 Å². The monoisotopic (exact) mass is 511 g/mol. The summed E-state index contributed by atoms with van der Waals surface area (Å²) < 4.78 is 32.4. The van der Waals surface area contributed by atoms with E-state index < -0.39 is 33.8 Å². The number of carbonyl (C=O) groups is 3. The molecule has 0 fully saturated rings. The fraction of sp³-hybridized carbons (Fsp3) is 0.160. The zero-order valence-electron chi connectivity index (χ0n) is 19.4. The Hall–Kier alpha value is -4.38. The molecular formula is C25H25N3O7S. The third-order valence-electron chi connectivity index (χ3n) is 5.00. The second-order valence-electron chi connectivity index (χ2n) is 7.55. The number of rotatable bonds is 11. The summed E-state index contributed by atoms with van der Waals surface area (Å²) in [6, 6.07) is 20.7. The molecule has 0 heterocycles. The molecule has 2 amide bonds. The maximum Gasteiger partial charge on any atom is 0.328 e. The number of nitrogens with one attached hydrogen (secondary N) is 1. The van der Waals surface area contributed by atoms with E-state index in [1.807, 2.05) is 0 Å². The lowest BCUT2D eigenvalue weighted by molar-refractivity contribution is -0.143. The lowest BCUT2D eigenvalue weighted by Gasteiger charge is -2.24. The van der Waals surface area contributed by atoms with E-state index in [1.54, 1.807) is 60.7 Å². The highest BCUT2D eigenvalue weighted by Gasteiger charge is 2.28. The Morgan fingerprint density at radius 1 is 0.917 bits per heavy atom. The van der Waals surface area contributed by atoms with Gasteiger partial charge in [0.25, 0.3) is 15.9 Å². The number of hydrogen-bond acceptors (Lipinski definition) is 7. The van der Waals surface area contributed by atoms with Gasteiger partial charge in [0.15, 0.2) is 5.75 Å². The largest absolute Gasteiger partial charge is 0.467 e. The zero-order valence-corrected chi connectivity index (χ0v) is 20.2. The number of para-hydroxylation sites is 2. The van der Waals surface area contributed by atoms with E-state index >= 15 is 0 Å². The summed E-state index contributed by atoms with van der Waals surface area (Å²) in [5.74, 6) is -1.71. The van der Waals surface area contributed by atoms with Crippen molar-refractivity contribution in [1.29, 1.82) is 0 Å². The lowest BCUT2D eigenvalue weighted by Crippen LogP contribution is -2.42. The molecule has 0 aliphatic heterocycles. The molecule has 188 valence electrons. The van der Waals surface area contributed by atoms with Gasteiger partial charge in [0.2, 0.25) is 5.91 Å². The summed E-state index contributed by atoms with van der Waals surface area (Å²) in [5.41, 5.74) is 5.49. The van der Waals surface area contributed by atoms with Crippen LogP contribution in [0.1, 0.15) is 23.2 Å². The van der Waals surface area contributed by atoms with Crippen molar-refractivity contribution in [3.8, 4) is 5.75 Å². The predicted molar refractivity (Wildman–Crippen MR) is 131 cm³/mol. The molecule has 10 nitrogen and oxygen atoms in total. The molecule has 0 aliphatic rings. The van der Waals surface area contributed by atoms with Gasteiger partial charge in [-0.2, -0.15) is 8.42 Å². The summed E-state index contributed by atoms with van der Waals surface area (Å²) in [5, 5.41) is 2.47. The molecule has 1 unspecified atom stereocenters. The molecule has 3 aromatic rings. The first kappa shape index (κ1) is 26.2. The summed E-state index contributed by atoms with van der Waals surface area (Å²) in [7, 11) is -3.05. The minimum absolute atomic E-state index is 0.0386. The first-order valence-corrected chi connectivity index (χ1v) is 12.3. The van der Waals surface area contributed by atoms with Crippen molar-refractivity contribution in [2.45, 2.75) is 23.8 Å². The number of benzene rings is 3. The lowest BCUT2D eigenvalue weighted by atomic mass is 10.1. The Balaban J connectivity index is 1.84. The number of hydrogen-bond donors (Lipinski definition) is 2. The topological polar surface area (TPSA) is 145 Å². The summed E-state index contributed by atoms with van der Waals surface area (Å²) in [6.07, 6.45) is -0.170. The molecule has 0 bridgehead atoms. The number of ether oxygens (including phenoxy) is 1. The van der Waals surface area contributed by atoms with Crippen molar-refractivity contribution in [3.63, 3.8) is 0 Å². The highest BCUT2D eigenvalue weighted by atomic mass is 32.2. The van der Waals surface area contributed by atoms with Crippen molar-refractivity contribution < 1.29 is 32.4 Å². The van der Waals surface area contributed by atoms with Crippen molar-refractivity contribution >= 4 is 33.5 Å². The molecule has 11 heteroatoms. The third-order valence-corrected chi connectivity index (χ3v) is 6.59. The Bertz CT molecular complexity index is 1300. The fourth-order valence-corrected chi connectivity index (χ4v) is 4.42. The van der Waals surface area contributed by atoms with E-state index in [-0.39, 0.29) is 29.0 Å². The second-order valence-corrected chi connectivity index (χ2v) is 9.30. The van der Waals surface area contributed by atoms with Crippen molar-refractivity contribution in [3.05, 3.63) is 90.5 Å². The molecule has 0 aliphatic carbocycles.